The van der Waals surface area contributed by atoms with Gasteiger partial charge in [0.25, 0.3) is 5.56 Å². The summed E-state index contributed by atoms with van der Waals surface area (Å²) in [4.78, 5) is 11.1. The Morgan fingerprint density at radius 3 is 2.71 bits per heavy atom. The summed E-state index contributed by atoms with van der Waals surface area (Å²) in [6.45, 7) is 4.34. The van der Waals surface area contributed by atoms with Crippen molar-refractivity contribution >= 4 is 11.9 Å². The van der Waals surface area contributed by atoms with Crippen molar-refractivity contribution in [3.05, 3.63) is 65.2 Å². The maximum atomic E-state index is 11.1. The summed E-state index contributed by atoms with van der Waals surface area (Å²) in [7, 11) is 0. The topological polar surface area (TPSA) is 78.5 Å². The van der Waals surface area contributed by atoms with E-state index in [4.69, 9.17) is 0 Å². The normalized spacial score (nSPS) is 10.5. The predicted molar refractivity (Wildman–Crippen MR) is 82.8 cm³/mol. The first-order chi connectivity index (χ1) is 10.2. The summed E-state index contributed by atoms with van der Waals surface area (Å²) in [5.74, 6) is 0. The molecule has 3 aromatic rings. The second-order valence-electron chi connectivity index (χ2n) is 4.61. The average Bonchev–Trinajstić information content (AvgIpc) is 3.14. The van der Waals surface area contributed by atoms with Crippen LogP contribution >= 0.6 is 0 Å². The third-order valence-electron chi connectivity index (χ3n) is 3.13. The molecule has 106 valence electrons. The highest BCUT2D eigenvalue weighted by molar-refractivity contribution is 5.62. The minimum Gasteiger partial charge on any atom is -0.381 e. The highest BCUT2D eigenvalue weighted by atomic mass is 16.1. The molecule has 21 heavy (non-hydrogen) atoms. The Balaban J connectivity index is 1.67. The summed E-state index contributed by atoms with van der Waals surface area (Å²) in [5.41, 5.74) is 3.68. The van der Waals surface area contributed by atoms with Gasteiger partial charge in [0.1, 0.15) is 0 Å². The zero-order valence-electron chi connectivity index (χ0n) is 11.3. The number of aromatic amines is 2. The molecule has 6 heteroatoms. The van der Waals surface area contributed by atoms with Crippen LogP contribution in [0.1, 0.15) is 5.56 Å². The van der Waals surface area contributed by atoms with Crippen molar-refractivity contribution in [3.63, 3.8) is 0 Å². The zero-order valence-corrected chi connectivity index (χ0v) is 11.3. The third-order valence-corrected chi connectivity index (χ3v) is 3.13. The van der Waals surface area contributed by atoms with Crippen LogP contribution in [-0.2, 0) is 6.54 Å². The van der Waals surface area contributed by atoms with Gasteiger partial charge in [-0.3, -0.25) is 15.0 Å². The lowest BCUT2D eigenvalue weighted by Crippen LogP contribution is -1.98. The molecule has 0 radical (unpaired) electrons. The van der Waals surface area contributed by atoms with Crippen molar-refractivity contribution in [2.45, 2.75) is 6.54 Å². The molecule has 0 unspecified atom stereocenters. The van der Waals surface area contributed by atoms with Crippen LogP contribution in [0, 0.1) is 0 Å². The summed E-state index contributed by atoms with van der Waals surface area (Å²) in [5, 5.41) is 12.8. The van der Waals surface area contributed by atoms with E-state index in [-0.39, 0.29) is 5.56 Å². The minimum atomic E-state index is -0.133. The van der Waals surface area contributed by atoms with Crippen LogP contribution in [0.3, 0.4) is 0 Å². The van der Waals surface area contributed by atoms with Crippen LogP contribution in [0.15, 0.2) is 54.1 Å². The van der Waals surface area contributed by atoms with Crippen molar-refractivity contribution in [1.82, 2.24) is 20.0 Å². The van der Waals surface area contributed by atoms with Crippen LogP contribution in [0.25, 0.3) is 17.5 Å². The lowest BCUT2D eigenvalue weighted by atomic mass is 10.1. The number of aromatic nitrogens is 4. The Morgan fingerprint density at radius 1 is 1.29 bits per heavy atom. The molecule has 0 saturated carbocycles. The number of nitrogens with zero attached hydrogens (tertiary/aromatic N) is 2. The SMILES string of the molecule is C=Cn1cc(CNc2ccc(-c3cc(=O)[nH][nH]3)cc2)cn1. The maximum Gasteiger partial charge on any atom is 0.264 e. The molecular weight excluding hydrogens is 266 g/mol. The third kappa shape index (κ3) is 2.94. The fourth-order valence-electron chi connectivity index (χ4n) is 2.03. The van der Waals surface area contributed by atoms with E-state index in [1.807, 2.05) is 30.5 Å². The molecule has 0 aliphatic rings. The Bertz CT molecular complexity index is 794. The number of benzene rings is 1. The molecule has 6 nitrogen and oxygen atoms in total. The van der Waals surface area contributed by atoms with Crippen molar-refractivity contribution in [2.75, 3.05) is 5.32 Å². The highest BCUT2D eigenvalue weighted by Crippen LogP contribution is 2.18. The Kier molecular flexibility index (Phi) is 3.42. The molecule has 0 bridgehead atoms. The van der Waals surface area contributed by atoms with Gasteiger partial charge in [-0.05, 0) is 17.7 Å². The number of hydrogen-bond donors (Lipinski definition) is 3. The number of nitrogens with one attached hydrogen (secondary N) is 3. The van der Waals surface area contributed by atoms with E-state index in [0.717, 1.165) is 22.5 Å². The molecule has 0 amide bonds. The standard InChI is InChI=1S/C15H15N5O/c1-2-20-10-11(9-17-20)8-16-13-5-3-12(4-6-13)14-7-15(21)19-18-14/h2-7,9-10,16H,1,8H2,(H2,18,19,21). The second kappa shape index (κ2) is 5.54. The van der Waals surface area contributed by atoms with Gasteiger partial charge >= 0.3 is 0 Å². The first-order valence-corrected chi connectivity index (χ1v) is 6.52. The van der Waals surface area contributed by atoms with Crippen molar-refractivity contribution < 1.29 is 0 Å². The fourth-order valence-corrected chi connectivity index (χ4v) is 2.03. The lowest BCUT2D eigenvalue weighted by Gasteiger charge is -2.05. The van der Waals surface area contributed by atoms with Crippen LogP contribution in [-0.4, -0.2) is 20.0 Å². The number of H-pyrrole nitrogens is 2. The Morgan fingerprint density at radius 2 is 2.10 bits per heavy atom. The maximum absolute atomic E-state index is 11.1. The van der Waals surface area contributed by atoms with Gasteiger partial charge in [0.2, 0.25) is 0 Å². The van der Waals surface area contributed by atoms with E-state index < -0.39 is 0 Å². The summed E-state index contributed by atoms with van der Waals surface area (Å²) in [6.07, 6.45) is 5.36. The highest BCUT2D eigenvalue weighted by Gasteiger charge is 2.01. The van der Waals surface area contributed by atoms with Crippen molar-refractivity contribution in [1.29, 1.82) is 0 Å². The Labute approximate surface area is 121 Å². The molecule has 0 atom stereocenters. The van der Waals surface area contributed by atoms with Gasteiger partial charge in [-0.25, -0.2) is 4.68 Å². The zero-order chi connectivity index (χ0) is 14.7. The van der Waals surface area contributed by atoms with E-state index in [1.165, 1.54) is 6.07 Å². The summed E-state index contributed by atoms with van der Waals surface area (Å²) >= 11 is 0. The van der Waals surface area contributed by atoms with Crippen molar-refractivity contribution in [2.24, 2.45) is 0 Å². The number of hydrogen-bond acceptors (Lipinski definition) is 3. The van der Waals surface area contributed by atoms with Crippen molar-refractivity contribution in [3.8, 4) is 11.3 Å². The first-order valence-electron chi connectivity index (χ1n) is 6.52. The van der Waals surface area contributed by atoms with Crippen LogP contribution in [0.5, 0.6) is 0 Å². The van der Waals surface area contributed by atoms with E-state index in [1.54, 1.807) is 17.1 Å². The van der Waals surface area contributed by atoms with Crippen LogP contribution in [0.2, 0.25) is 0 Å². The molecular formula is C15H15N5O. The van der Waals surface area contributed by atoms with E-state index in [0.29, 0.717) is 6.54 Å². The van der Waals surface area contributed by atoms with Gasteiger partial charge < -0.3 is 5.32 Å². The van der Waals surface area contributed by atoms with Gasteiger partial charge in [0.05, 0.1) is 11.9 Å². The molecule has 2 aromatic heterocycles. The smallest absolute Gasteiger partial charge is 0.264 e. The first kappa shape index (κ1) is 13.0. The monoisotopic (exact) mass is 281 g/mol. The summed E-state index contributed by atoms with van der Waals surface area (Å²) < 4.78 is 1.67. The lowest BCUT2D eigenvalue weighted by molar-refractivity contribution is 0.936. The molecule has 0 spiro atoms. The largest absolute Gasteiger partial charge is 0.381 e. The van der Waals surface area contributed by atoms with Crippen LogP contribution < -0.4 is 10.9 Å². The van der Waals surface area contributed by atoms with Gasteiger partial charge in [0, 0.05) is 36.3 Å². The van der Waals surface area contributed by atoms with E-state index in [2.05, 4.69) is 27.2 Å². The minimum absolute atomic E-state index is 0.133. The van der Waals surface area contributed by atoms with Crippen LogP contribution in [0.4, 0.5) is 5.69 Å². The molecule has 1 aromatic carbocycles. The number of anilines is 1. The average molecular weight is 281 g/mol. The quantitative estimate of drug-likeness (QED) is 0.671. The fraction of sp³-hybridized carbons (Fsp3) is 0.0667. The van der Waals surface area contributed by atoms with Gasteiger partial charge in [-0.2, -0.15) is 5.10 Å². The van der Waals surface area contributed by atoms with E-state index in [9.17, 15) is 4.79 Å². The number of rotatable bonds is 5. The predicted octanol–water partition coefficient (Wildman–Crippen LogP) is 2.28. The molecule has 0 fully saturated rings. The molecule has 0 saturated heterocycles. The molecule has 3 rings (SSSR count). The summed E-state index contributed by atoms with van der Waals surface area (Å²) in [6, 6.07) is 9.38. The molecule has 0 aliphatic heterocycles. The second-order valence-corrected chi connectivity index (χ2v) is 4.61. The van der Waals surface area contributed by atoms with E-state index >= 15 is 0 Å². The van der Waals surface area contributed by atoms with Gasteiger partial charge in [0.15, 0.2) is 0 Å². The molecule has 3 N–H and O–H groups in total. The van der Waals surface area contributed by atoms with Gasteiger partial charge in [-0.1, -0.05) is 18.7 Å². The molecule has 0 aliphatic carbocycles. The molecule has 2 heterocycles. The van der Waals surface area contributed by atoms with Gasteiger partial charge in [-0.15, -0.1) is 0 Å². The Hall–Kier alpha value is -3.02.